The van der Waals surface area contributed by atoms with E-state index in [1.807, 2.05) is 25.4 Å². The third kappa shape index (κ3) is 3.52. The Morgan fingerprint density at radius 2 is 2.24 bits per heavy atom. The van der Waals surface area contributed by atoms with Gasteiger partial charge in [0, 0.05) is 24.4 Å². The van der Waals surface area contributed by atoms with Gasteiger partial charge in [0.25, 0.3) is 0 Å². The van der Waals surface area contributed by atoms with E-state index >= 15 is 0 Å². The lowest BCUT2D eigenvalue weighted by atomic mass is 9.80. The van der Waals surface area contributed by atoms with Gasteiger partial charge in [0.2, 0.25) is 0 Å². The number of rotatable bonds is 3. The number of piperidine rings is 1. The number of fused-ring (bicyclic) bond motifs is 2. The Bertz CT molecular complexity index is 685. The number of pyridine rings is 1. The van der Waals surface area contributed by atoms with E-state index in [1.165, 1.54) is 31.2 Å². The molecule has 1 saturated carbocycles. The highest BCUT2D eigenvalue weighted by Gasteiger charge is 2.44. The molecule has 0 spiro atoms. The average Bonchev–Trinajstić information content (AvgIpc) is 3.27. The van der Waals surface area contributed by atoms with Crippen LogP contribution < -0.4 is 0 Å². The van der Waals surface area contributed by atoms with Gasteiger partial charge in [-0.25, -0.2) is 0 Å². The first-order valence-electron chi connectivity index (χ1n) is 9.68. The molecule has 3 aliphatic rings. The molecule has 1 N–H and O–H groups in total. The normalized spacial score (nSPS) is 33.7. The maximum Gasteiger partial charge on any atom is 0.126 e. The summed E-state index contributed by atoms with van der Waals surface area (Å²) < 4.78 is 0. The summed E-state index contributed by atoms with van der Waals surface area (Å²) in [5.41, 5.74) is 0.415. The molecule has 0 aromatic carbocycles. The lowest BCUT2D eigenvalue weighted by molar-refractivity contribution is 0.0430. The van der Waals surface area contributed by atoms with E-state index in [4.69, 9.17) is 0 Å². The number of aliphatic hydroxyl groups is 1. The highest BCUT2D eigenvalue weighted by Crippen LogP contribution is 2.47. The van der Waals surface area contributed by atoms with Gasteiger partial charge in [-0.3, -0.25) is 9.88 Å². The molecule has 2 heterocycles. The molecule has 3 nitrogen and oxygen atoms in total. The van der Waals surface area contributed by atoms with Crippen molar-refractivity contribution in [2.75, 3.05) is 13.1 Å². The topological polar surface area (TPSA) is 36.4 Å². The van der Waals surface area contributed by atoms with Gasteiger partial charge in [0.1, 0.15) is 5.60 Å². The molecule has 1 aromatic heterocycles. The summed E-state index contributed by atoms with van der Waals surface area (Å²) in [7, 11) is 0. The van der Waals surface area contributed by atoms with E-state index in [0.717, 1.165) is 19.5 Å². The fraction of sp³-hybridized carbons (Fsp3) is 0.591. The zero-order chi connectivity index (χ0) is 17.3. The van der Waals surface area contributed by atoms with Gasteiger partial charge < -0.3 is 5.11 Å². The Morgan fingerprint density at radius 1 is 1.32 bits per heavy atom. The first kappa shape index (κ1) is 16.8. The van der Waals surface area contributed by atoms with Gasteiger partial charge in [0.15, 0.2) is 0 Å². The number of aromatic nitrogens is 1. The van der Waals surface area contributed by atoms with E-state index in [0.29, 0.717) is 23.8 Å². The van der Waals surface area contributed by atoms with Crippen molar-refractivity contribution in [2.45, 2.75) is 50.7 Å². The van der Waals surface area contributed by atoms with E-state index in [2.05, 4.69) is 39.9 Å². The summed E-state index contributed by atoms with van der Waals surface area (Å²) in [6.07, 6.45) is 14.4. The van der Waals surface area contributed by atoms with Crippen molar-refractivity contribution >= 4 is 0 Å². The second kappa shape index (κ2) is 6.94. The van der Waals surface area contributed by atoms with Crippen LogP contribution in [0.2, 0.25) is 0 Å². The summed E-state index contributed by atoms with van der Waals surface area (Å²) in [6.45, 7) is 3.72. The van der Waals surface area contributed by atoms with Crippen LogP contribution >= 0.6 is 0 Å². The molecule has 1 aliphatic heterocycles. The molecule has 132 valence electrons. The molecule has 1 aromatic rings. The van der Waals surface area contributed by atoms with E-state index in [1.54, 1.807) is 0 Å². The first-order valence-corrected chi connectivity index (χ1v) is 9.68. The van der Waals surface area contributed by atoms with Gasteiger partial charge in [-0.05, 0) is 62.6 Å². The van der Waals surface area contributed by atoms with E-state index in [-0.39, 0.29) is 0 Å². The van der Waals surface area contributed by atoms with Crippen LogP contribution in [0.3, 0.4) is 0 Å². The van der Waals surface area contributed by atoms with E-state index in [9.17, 15) is 5.11 Å². The van der Waals surface area contributed by atoms with Crippen LogP contribution in [0.4, 0.5) is 0 Å². The second-order valence-electron chi connectivity index (χ2n) is 8.10. The predicted molar refractivity (Wildman–Crippen MR) is 99.6 cm³/mol. The lowest BCUT2D eigenvalue weighted by Crippen LogP contribution is -2.36. The minimum absolute atomic E-state index is 0.297. The van der Waals surface area contributed by atoms with Crippen molar-refractivity contribution in [3.8, 4) is 11.8 Å². The monoisotopic (exact) mass is 336 g/mol. The molecule has 0 unspecified atom stereocenters. The van der Waals surface area contributed by atoms with Crippen LogP contribution in [0.25, 0.3) is 0 Å². The minimum Gasteiger partial charge on any atom is -0.378 e. The van der Waals surface area contributed by atoms with Crippen LogP contribution in [0, 0.1) is 29.6 Å². The summed E-state index contributed by atoms with van der Waals surface area (Å²) in [5.74, 6) is 8.02. The number of nitrogens with zero attached hydrogens (tertiary/aromatic N) is 2. The van der Waals surface area contributed by atoms with Crippen LogP contribution in [0.15, 0.2) is 36.7 Å². The van der Waals surface area contributed by atoms with Crippen molar-refractivity contribution < 1.29 is 5.11 Å². The Kier molecular flexibility index (Phi) is 4.67. The van der Waals surface area contributed by atoms with Crippen molar-refractivity contribution in [1.29, 1.82) is 0 Å². The summed E-state index contributed by atoms with van der Waals surface area (Å²) in [6, 6.07) is 4.59. The molecule has 0 amide bonds. The molecule has 2 bridgehead atoms. The highest BCUT2D eigenvalue weighted by atomic mass is 16.3. The third-order valence-corrected chi connectivity index (χ3v) is 6.31. The molecular formula is C22H28N2O. The van der Waals surface area contributed by atoms with Crippen LogP contribution in [-0.4, -0.2) is 33.7 Å². The average molecular weight is 336 g/mol. The molecule has 0 radical (unpaired) electrons. The Morgan fingerprint density at radius 3 is 2.96 bits per heavy atom. The zero-order valence-electron chi connectivity index (χ0n) is 15.1. The van der Waals surface area contributed by atoms with Gasteiger partial charge in [-0.2, -0.15) is 0 Å². The molecule has 5 atom stereocenters. The smallest absolute Gasteiger partial charge is 0.126 e. The predicted octanol–water partition coefficient (Wildman–Crippen LogP) is 3.58. The molecule has 2 fully saturated rings. The Hall–Kier alpha value is -1.63. The summed E-state index contributed by atoms with van der Waals surface area (Å²) in [5, 5.41) is 10.9. The molecule has 25 heavy (non-hydrogen) atoms. The summed E-state index contributed by atoms with van der Waals surface area (Å²) >= 11 is 0. The van der Waals surface area contributed by atoms with Crippen molar-refractivity contribution in [1.82, 2.24) is 9.88 Å². The maximum atomic E-state index is 10.9. The zero-order valence-corrected chi connectivity index (χ0v) is 15.1. The maximum absolute atomic E-state index is 10.9. The highest BCUT2D eigenvalue weighted by molar-refractivity contribution is 5.23. The number of allylic oxidation sites excluding steroid dienone is 2. The van der Waals surface area contributed by atoms with Crippen molar-refractivity contribution in [3.05, 3.63) is 42.2 Å². The van der Waals surface area contributed by atoms with Crippen molar-refractivity contribution in [2.24, 2.45) is 17.8 Å². The van der Waals surface area contributed by atoms with E-state index < -0.39 is 5.60 Å². The molecule has 2 aliphatic carbocycles. The fourth-order valence-electron chi connectivity index (χ4n) is 4.97. The first-order chi connectivity index (χ1) is 12.1. The van der Waals surface area contributed by atoms with Crippen LogP contribution in [0.5, 0.6) is 0 Å². The minimum atomic E-state index is -0.871. The van der Waals surface area contributed by atoms with Crippen molar-refractivity contribution in [3.63, 3.8) is 0 Å². The molecule has 4 rings (SSSR count). The van der Waals surface area contributed by atoms with Crippen LogP contribution in [0.1, 0.15) is 50.6 Å². The van der Waals surface area contributed by atoms with Gasteiger partial charge in [-0.1, -0.05) is 36.5 Å². The molecular weight excluding hydrogens is 308 g/mol. The molecule has 3 heteroatoms. The number of hydrogen-bond acceptors (Lipinski definition) is 3. The number of likely N-dealkylation sites (tertiary alicyclic amines) is 1. The summed E-state index contributed by atoms with van der Waals surface area (Å²) in [4.78, 5) is 6.73. The second-order valence-corrected chi connectivity index (χ2v) is 8.10. The number of hydrogen-bond donors (Lipinski definition) is 1. The quantitative estimate of drug-likeness (QED) is 0.677. The lowest BCUT2D eigenvalue weighted by Gasteiger charge is -2.34. The fourth-order valence-corrected chi connectivity index (χ4v) is 4.97. The Labute approximate surface area is 151 Å². The standard InChI is InChI=1S/C22H28N2O/c1-22(25,20-15-17-8-9-18(20)14-17)10-5-13-24-12-3-2-7-21(24)19-6-4-11-23-16-19/h4,6,8-9,11,16-18,20-21,25H,2-3,7,12-15H2,1H3/t17-,18+,20+,21-,22+/m1/s1. The van der Waals surface area contributed by atoms with Crippen LogP contribution in [-0.2, 0) is 0 Å². The Balaban J connectivity index is 1.43. The van der Waals surface area contributed by atoms with Gasteiger partial charge in [-0.15, -0.1) is 0 Å². The SMILES string of the molecule is C[C@](O)(C#CCN1CCCC[C@@H]1c1cccnc1)[C@H]1C[C@@H]2C=C[C@H]1C2. The largest absolute Gasteiger partial charge is 0.378 e. The molecule has 1 saturated heterocycles. The van der Waals surface area contributed by atoms with Gasteiger partial charge in [0.05, 0.1) is 6.54 Å². The third-order valence-electron chi connectivity index (χ3n) is 6.31. The van der Waals surface area contributed by atoms with Gasteiger partial charge >= 0.3 is 0 Å².